The average molecular weight is 387 g/mol. The summed E-state index contributed by atoms with van der Waals surface area (Å²) in [5.74, 6) is -0.136. The topological polar surface area (TPSA) is 68.4 Å². The summed E-state index contributed by atoms with van der Waals surface area (Å²) < 4.78 is 5.09. The van der Waals surface area contributed by atoms with Crippen molar-refractivity contribution in [3.8, 4) is 0 Å². The van der Waals surface area contributed by atoms with E-state index in [9.17, 15) is 9.59 Å². The largest absolute Gasteiger partial charge is 0.383 e. The quantitative estimate of drug-likeness (QED) is 0.809. The Kier molecular flexibility index (Phi) is 5.27. The third kappa shape index (κ3) is 3.05. The summed E-state index contributed by atoms with van der Waals surface area (Å²) in [4.78, 5) is 33.4. The highest BCUT2D eigenvalue weighted by Gasteiger charge is 2.55. The van der Waals surface area contributed by atoms with E-state index in [1.54, 1.807) is 19.1 Å². The molecule has 152 valence electrons. The molecule has 1 aromatic carbocycles. The van der Waals surface area contributed by atoms with Gasteiger partial charge in [-0.3, -0.25) is 19.9 Å². The van der Waals surface area contributed by atoms with Gasteiger partial charge in [0, 0.05) is 32.9 Å². The molecule has 0 saturated carbocycles. The van der Waals surface area contributed by atoms with E-state index >= 15 is 0 Å². The van der Waals surface area contributed by atoms with Crippen LogP contribution in [0.3, 0.4) is 0 Å². The second-order valence-electron chi connectivity index (χ2n) is 7.61. The number of imide groups is 1. The van der Waals surface area contributed by atoms with Gasteiger partial charge in [0.2, 0.25) is 0 Å². The highest BCUT2D eigenvalue weighted by Crippen LogP contribution is 2.33. The number of carbonyl (C=O) groups is 2. The fraction of sp³-hybridized carbons (Fsp3) is 0.600. The van der Waals surface area contributed by atoms with Gasteiger partial charge in [-0.05, 0) is 30.5 Å². The fourth-order valence-corrected chi connectivity index (χ4v) is 4.50. The lowest BCUT2D eigenvalue weighted by Gasteiger charge is -2.43. The van der Waals surface area contributed by atoms with E-state index in [-0.39, 0.29) is 37.0 Å². The minimum Gasteiger partial charge on any atom is -0.383 e. The van der Waals surface area contributed by atoms with Crippen LogP contribution < -0.4 is 10.2 Å². The number of amides is 3. The first kappa shape index (κ1) is 19.2. The summed E-state index contributed by atoms with van der Waals surface area (Å²) in [6.07, 6.45) is 1.56. The first-order valence-corrected chi connectivity index (χ1v) is 10.0. The van der Waals surface area contributed by atoms with Crippen LogP contribution in [-0.2, 0) is 16.0 Å². The molecule has 3 aliphatic heterocycles. The molecule has 0 aromatic heterocycles. The number of nitrogens with zero attached hydrogens (tertiary/aromatic N) is 4. The lowest BCUT2D eigenvalue weighted by Crippen LogP contribution is -2.66. The van der Waals surface area contributed by atoms with Gasteiger partial charge in [0.05, 0.1) is 13.2 Å². The van der Waals surface area contributed by atoms with Gasteiger partial charge in [0.25, 0.3) is 5.91 Å². The highest BCUT2D eigenvalue weighted by atomic mass is 16.5. The molecule has 3 amide bonds. The Morgan fingerprint density at radius 2 is 1.93 bits per heavy atom. The molecule has 3 heterocycles. The number of hydrogen-bond acceptors (Lipinski definition) is 6. The number of benzene rings is 1. The van der Waals surface area contributed by atoms with Crippen molar-refractivity contribution >= 4 is 17.6 Å². The minimum absolute atomic E-state index is 0.0993. The number of fused-ring (bicyclic) bond motifs is 3. The van der Waals surface area contributed by atoms with Crippen molar-refractivity contribution in [3.63, 3.8) is 0 Å². The second-order valence-corrected chi connectivity index (χ2v) is 7.61. The Balaban J connectivity index is 1.60. The molecule has 8 nitrogen and oxygen atoms in total. The molecule has 28 heavy (non-hydrogen) atoms. The molecule has 3 fully saturated rings. The Hall–Kier alpha value is -2.16. The number of anilines is 1. The van der Waals surface area contributed by atoms with Crippen molar-refractivity contribution in [2.24, 2.45) is 0 Å². The number of likely N-dealkylation sites (N-methyl/N-ethyl adjacent to an activating group) is 1. The molecule has 0 aliphatic carbocycles. The Labute approximate surface area is 166 Å². The summed E-state index contributed by atoms with van der Waals surface area (Å²) in [7, 11) is 3.34. The van der Waals surface area contributed by atoms with Gasteiger partial charge < -0.3 is 14.5 Å². The molecule has 3 aliphatic rings. The molecule has 0 radical (unpaired) electrons. The summed E-state index contributed by atoms with van der Waals surface area (Å²) in [6.45, 7) is 4.51. The number of hydrogen-bond donors (Lipinski definition) is 1. The van der Waals surface area contributed by atoms with Crippen molar-refractivity contribution in [2.45, 2.75) is 38.3 Å². The Morgan fingerprint density at radius 3 is 2.61 bits per heavy atom. The van der Waals surface area contributed by atoms with Crippen molar-refractivity contribution in [1.82, 2.24) is 20.0 Å². The van der Waals surface area contributed by atoms with Crippen molar-refractivity contribution < 1.29 is 14.3 Å². The normalized spacial score (nSPS) is 28.0. The summed E-state index contributed by atoms with van der Waals surface area (Å²) in [5, 5.41) is 3.54. The number of rotatable bonds is 5. The molecule has 8 heteroatoms. The van der Waals surface area contributed by atoms with Gasteiger partial charge in [-0.25, -0.2) is 4.79 Å². The maximum absolute atomic E-state index is 13.2. The third-order valence-electron chi connectivity index (χ3n) is 6.07. The minimum atomic E-state index is -0.373. The van der Waals surface area contributed by atoms with Crippen molar-refractivity contribution in [3.05, 3.63) is 29.8 Å². The number of methoxy groups -OCH3 is 1. The monoisotopic (exact) mass is 387 g/mol. The van der Waals surface area contributed by atoms with Gasteiger partial charge in [-0.1, -0.05) is 19.1 Å². The Bertz CT molecular complexity index is 740. The first-order chi connectivity index (χ1) is 13.6. The van der Waals surface area contributed by atoms with Crippen LogP contribution in [0.15, 0.2) is 24.3 Å². The van der Waals surface area contributed by atoms with Gasteiger partial charge in [0.15, 0.2) is 0 Å². The molecular weight excluding hydrogens is 358 g/mol. The van der Waals surface area contributed by atoms with E-state index in [1.807, 2.05) is 0 Å². The summed E-state index contributed by atoms with van der Waals surface area (Å²) >= 11 is 0. The molecule has 1 aromatic rings. The van der Waals surface area contributed by atoms with Gasteiger partial charge in [-0.15, -0.1) is 0 Å². The standard InChI is InChI=1S/C20H29N5O3/c1-4-14-6-8-15(9-7-14)23-10-5-11-24-16-17(21-19(23)24)22(2)20(27)25(18(16)26)12-13-28-3/h6-9,16-17,19,21H,4-5,10-13H2,1-3H3. The van der Waals surface area contributed by atoms with Crippen molar-refractivity contribution in [1.29, 1.82) is 0 Å². The maximum atomic E-state index is 13.2. The molecule has 0 bridgehead atoms. The zero-order chi connectivity index (χ0) is 19.8. The van der Waals surface area contributed by atoms with E-state index in [0.717, 1.165) is 31.6 Å². The Morgan fingerprint density at radius 1 is 1.18 bits per heavy atom. The molecule has 0 spiro atoms. The van der Waals surface area contributed by atoms with Crippen LogP contribution in [0, 0.1) is 0 Å². The number of aryl methyl sites for hydroxylation is 1. The molecule has 4 rings (SSSR count). The van der Waals surface area contributed by atoms with Crippen LogP contribution in [0.4, 0.5) is 10.5 Å². The second kappa shape index (κ2) is 7.69. The number of urea groups is 1. The average Bonchev–Trinajstić information content (AvgIpc) is 3.12. The van der Waals surface area contributed by atoms with Crippen LogP contribution >= 0.6 is 0 Å². The molecule has 3 unspecified atom stereocenters. The van der Waals surface area contributed by atoms with Crippen molar-refractivity contribution in [2.75, 3.05) is 45.3 Å². The first-order valence-electron chi connectivity index (χ1n) is 10.0. The van der Waals surface area contributed by atoms with Crippen LogP contribution in [0.25, 0.3) is 0 Å². The zero-order valence-electron chi connectivity index (χ0n) is 16.8. The number of nitrogens with one attached hydrogen (secondary N) is 1. The smallest absolute Gasteiger partial charge is 0.327 e. The van der Waals surface area contributed by atoms with E-state index in [1.165, 1.54) is 10.5 Å². The van der Waals surface area contributed by atoms with E-state index < -0.39 is 0 Å². The van der Waals surface area contributed by atoms with Gasteiger partial charge in [0.1, 0.15) is 18.5 Å². The number of ether oxygens (including phenoxy) is 1. The lowest BCUT2D eigenvalue weighted by atomic mass is 10.1. The van der Waals surface area contributed by atoms with Crippen LogP contribution in [0.1, 0.15) is 18.9 Å². The fourth-order valence-electron chi connectivity index (χ4n) is 4.50. The maximum Gasteiger partial charge on any atom is 0.327 e. The third-order valence-corrected chi connectivity index (χ3v) is 6.07. The zero-order valence-corrected chi connectivity index (χ0v) is 16.8. The van der Waals surface area contributed by atoms with E-state index in [0.29, 0.717) is 6.61 Å². The molecule has 1 N–H and O–H groups in total. The molecule has 3 atom stereocenters. The van der Waals surface area contributed by atoms with Gasteiger partial charge in [-0.2, -0.15) is 0 Å². The van der Waals surface area contributed by atoms with E-state index in [4.69, 9.17) is 4.74 Å². The van der Waals surface area contributed by atoms with E-state index in [2.05, 4.69) is 46.3 Å². The van der Waals surface area contributed by atoms with Gasteiger partial charge >= 0.3 is 6.03 Å². The van der Waals surface area contributed by atoms with Crippen LogP contribution in [-0.4, -0.2) is 85.5 Å². The number of carbonyl (C=O) groups excluding carboxylic acids is 2. The summed E-state index contributed by atoms with van der Waals surface area (Å²) in [5.41, 5.74) is 2.44. The predicted octanol–water partition coefficient (Wildman–Crippen LogP) is 0.883. The highest BCUT2D eigenvalue weighted by molar-refractivity contribution is 6.00. The molecule has 3 saturated heterocycles. The summed E-state index contributed by atoms with van der Waals surface area (Å²) in [6, 6.07) is 7.96. The predicted molar refractivity (Wildman–Crippen MR) is 106 cm³/mol. The lowest BCUT2D eigenvalue weighted by molar-refractivity contribution is -0.139. The van der Waals surface area contributed by atoms with Crippen LogP contribution in [0.2, 0.25) is 0 Å². The van der Waals surface area contributed by atoms with Crippen LogP contribution in [0.5, 0.6) is 0 Å². The SMILES string of the molecule is CCc1ccc(N2CCCN3C4C(=O)N(CCOC)C(=O)N(C)C4NC23)cc1. The molecular formula is C20H29N5O3.